The van der Waals surface area contributed by atoms with Crippen LogP contribution in [0.25, 0.3) is 0 Å². The number of para-hydroxylation sites is 1. The third-order valence-electron chi connectivity index (χ3n) is 2.85. The monoisotopic (exact) mass is 301 g/mol. The lowest BCUT2D eigenvalue weighted by Gasteiger charge is -2.02. The first-order valence-electron chi connectivity index (χ1n) is 6.47. The maximum Gasteiger partial charge on any atom is 0.252 e. The topological polar surface area (TPSA) is 38.3 Å². The summed E-state index contributed by atoms with van der Waals surface area (Å²) in [5.41, 5.74) is 0.741. The molecular formula is C17H13F2NO2. The van der Waals surface area contributed by atoms with Crippen molar-refractivity contribution in [2.75, 3.05) is 13.7 Å². The second-order valence-corrected chi connectivity index (χ2v) is 4.31. The molecule has 0 saturated carbocycles. The van der Waals surface area contributed by atoms with Crippen LogP contribution in [-0.4, -0.2) is 19.6 Å². The molecule has 0 atom stereocenters. The molecule has 2 aromatic carbocycles. The van der Waals surface area contributed by atoms with Crippen molar-refractivity contribution in [3.63, 3.8) is 0 Å². The molecule has 1 amide bonds. The van der Waals surface area contributed by atoms with E-state index in [0.717, 1.165) is 12.1 Å². The van der Waals surface area contributed by atoms with Crippen molar-refractivity contribution in [2.24, 2.45) is 0 Å². The molecule has 0 unspecified atom stereocenters. The van der Waals surface area contributed by atoms with E-state index >= 15 is 0 Å². The van der Waals surface area contributed by atoms with Crippen LogP contribution in [0, 0.1) is 23.5 Å². The first-order chi connectivity index (χ1) is 10.6. The summed E-state index contributed by atoms with van der Waals surface area (Å²) in [6.07, 6.45) is 0. The summed E-state index contributed by atoms with van der Waals surface area (Å²) >= 11 is 0. The van der Waals surface area contributed by atoms with Crippen molar-refractivity contribution in [3.8, 4) is 17.6 Å². The van der Waals surface area contributed by atoms with Crippen molar-refractivity contribution in [1.29, 1.82) is 0 Å². The fourth-order valence-electron chi connectivity index (χ4n) is 1.75. The molecule has 0 heterocycles. The molecule has 2 rings (SSSR count). The second-order valence-electron chi connectivity index (χ2n) is 4.31. The fraction of sp³-hybridized carbons (Fsp3) is 0.118. The zero-order valence-electron chi connectivity index (χ0n) is 11.8. The Bertz CT molecular complexity index is 748. The Morgan fingerprint density at radius 1 is 1.18 bits per heavy atom. The van der Waals surface area contributed by atoms with Crippen molar-refractivity contribution in [2.45, 2.75) is 0 Å². The number of hydrogen-bond acceptors (Lipinski definition) is 2. The summed E-state index contributed by atoms with van der Waals surface area (Å²) in [7, 11) is 1.55. The maximum absolute atomic E-state index is 13.0. The van der Waals surface area contributed by atoms with Gasteiger partial charge in [0, 0.05) is 5.56 Å². The molecular weight excluding hydrogens is 288 g/mol. The van der Waals surface area contributed by atoms with Crippen molar-refractivity contribution in [3.05, 3.63) is 65.2 Å². The third-order valence-corrected chi connectivity index (χ3v) is 2.85. The summed E-state index contributed by atoms with van der Waals surface area (Å²) in [4.78, 5) is 11.7. The fourth-order valence-corrected chi connectivity index (χ4v) is 1.75. The van der Waals surface area contributed by atoms with Gasteiger partial charge in [0.1, 0.15) is 5.75 Å². The molecule has 0 aliphatic rings. The van der Waals surface area contributed by atoms with Crippen LogP contribution in [-0.2, 0) is 0 Å². The Morgan fingerprint density at radius 2 is 1.95 bits per heavy atom. The van der Waals surface area contributed by atoms with Crippen LogP contribution < -0.4 is 10.1 Å². The predicted molar refractivity (Wildman–Crippen MR) is 78.6 cm³/mol. The first-order valence-corrected chi connectivity index (χ1v) is 6.47. The normalized spacial score (nSPS) is 9.59. The highest BCUT2D eigenvalue weighted by molar-refractivity contribution is 5.94. The summed E-state index contributed by atoms with van der Waals surface area (Å²) in [6.45, 7) is 0.0792. The van der Waals surface area contributed by atoms with Crippen LogP contribution in [0.15, 0.2) is 42.5 Å². The molecule has 0 radical (unpaired) electrons. The number of nitrogens with one attached hydrogen (secondary N) is 1. The minimum absolute atomic E-state index is 0.0398. The van der Waals surface area contributed by atoms with Gasteiger partial charge in [-0.1, -0.05) is 24.0 Å². The minimum atomic E-state index is -1.06. The van der Waals surface area contributed by atoms with E-state index in [4.69, 9.17) is 4.74 Å². The van der Waals surface area contributed by atoms with Gasteiger partial charge in [-0.05, 0) is 30.3 Å². The van der Waals surface area contributed by atoms with E-state index in [9.17, 15) is 13.6 Å². The standard InChI is InChI=1S/C17H13F2NO2/c1-22-16-7-3-2-5-12(16)6-4-10-20-17(21)13-8-9-14(18)15(19)11-13/h2-3,5,7-9,11H,10H2,1H3,(H,20,21). The largest absolute Gasteiger partial charge is 0.495 e. The third kappa shape index (κ3) is 3.83. The van der Waals surface area contributed by atoms with Crippen LogP contribution in [0.2, 0.25) is 0 Å². The molecule has 0 bridgehead atoms. The number of hydrogen-bond donors (Lipinski definition) is 1. The number of methoxy groups -OCH3 is 1. The number of halogens is 2. The SMILES string of the molecule is COc1ccccc1C#CCNC(=O)c1ccc(F)c(F)c1. The highest BCUT2D eigenvalue weighted by Crippen LogP contribution is 2.15. The Morgan fingerprint density at radius 3 is 2.68 bits per heavy atom. The van der Waals surface area contributed by atoms with Crippen LogP contribution in [0.5, 0.6) is 5.75 Å². The lowest BCUT2D eigenvalue weighted by molar-refractivity contribution is 0.0958. The summed E-state index contributed by atoms with van der Waals surface area (Å²) in [6, 6.07) is 10.2. The number of ether oxygens (including phenoxy) is 1. The van der Waals surface area contributed by atoms with Gasteiger partial charge in [-0.25, -0.2) is 8.78 Å². The molecule has 5 heteroatoms. The van der Waals surface area contributed by atoms with E-state index in [0.29, 0.717) is 11.3 Å². The van der Waals surface area contributed by atoms with Crippen molar-refractivity contribution in [1.82, 2.24) is 5.32 Å². The Kier molecular flexibility index (Phi) is 5.10. The van der Waals surface area contributed by atoms with Gasteiger partial charge in [0.25, 0.3) is 5.91 Å². The summed E-state index contributed by atoms with van der Waals surface area (Å²) < 4.78 is 31.0. The highest BCUT2D eigenvalue weighted by Gasteiger charge is 2.08. The van der Waals surface area contributed by atoms with Gasteiger partial charge in [0.05, 0.1) is 19.2 Å². The predicted octanol–water partition coefficient (Wildman–Crippen LogP) is 2.75. The molecule has 0 aliphatic carbocycles. The Labute approximate surface area is 126 Å². The summed E-state index contributed by atoms with van der Waals surface area (Å²) in [5.74, 6) is 3.71. The molecule has 0 fully saturated rings. The molecule has 0 saturated heterocycles. The molecule has 3 nitrogen and oxygen atoms in total. The summed E-state index contributed by atoms with van der Waals surface area (Å²) in [5, 5.41) is 2.51. The van der Waals surface area contributed by atoms with Crippen LogP contribution >= 0.6 is 0 Å². The lowest BCUT2D eigenvalue weighted by atomic mass is 10.2. The zero-order valence-corrected chi connectivity index (χ0v) is 11.8. The number of benzene rings is 2. The molecule has 2 aromatic rings. The number of carbonyl (C=O) groups excluding carboxylic acids is 1. The smallest absolute Gasteiger partial charge is 0.252 e. The quantitative estimate of drug-likeness (QED) is 0.885. The van der Waals surface area contributed by atoms with Crippen molar-refractivity contribution >= 4 is 5.91 Å². The molecule has 0 aliphatic heterocycles. The van der Waals surface area contributed by atoms with E-state index in [-0.39, 0.29) is 12.1 Å². The zero-order chi connectivity index (χ0) is 15.9. The van der Waals surface area contributed by atoms with Gasteiger partial charge in [0.2, 0.25) is 0 Å². The van der Waals surface area contributed by atoms with Gasteiger partial charge in [-0.15, -0.1) is 0 Å². The van der Waals surface area contributed by atoms with Gasteiger partial charge in [-0.3, -0.25) is 4.79 Å². The van der Waals surface area contributed by atoms with E-state index in [1.54, 1.807) is 19.2 Å². The molecule has 22 heavy (non-hydrogen) atoms. The average Bonchev–Trinajstić information content (AvgIpc) is 2.54. The van der Waals surface area contributed by atoms with E-state index < -0.39 is 17.5 Å². The van der Waals surface area contributed by atoms with E-state index in [1.165, 1.54) is 6.07 Å². The maximum atomic E-state index is 13.0. The Balaban J connectivity index is 1.98. The number of rotatable bonds is 3. The number of amides is 1. The van der Waals surface area contributed by atoms with Gasteiger partial charge < -0.3 is 10.1 Å². The Hall–Kier alpha value is -2.87. The van der Waals surface area contributed by atoms with Gasteiger partial charge in [0.15, 0.2) is 11.6 Å². The average molecular weight is 301 g/mol. The molecule has 0 spiro atoms. The van der Waals surface area contributed by atoms with Crippen molar-refractivity contribution < 1.29 is 18.3 Å². The molecule has 112 valence electrons. The van der Waals surface area contributed by atoms with E-state index in [2.05, 4.69) is 17.2 Å². The molecule has 1 N–H and O–H groups in total. The second kappa shape index (κ2) is 7.23. The number of carbonyl (C=O) groups is 1. The van der Waals surface area contributed by atoms with Crippen LogP contribution in [0.3, 0.4) is 0 Å². The van der Waals surface area contributed by atoms with Crippen LogP contribution in [0.4, 0.5) is 8.78 Å². The minimum Gasteiger partial charge on any atom is -0.495 e. The van der Waals surface area contributed by atoms with E-state index in [1.807, 2.05) is 12.1 Å². The van der Waals surface area contributed by atoms with Gasteiger partial charge in [-0.2, -0.15) is 0 Å². The highest BCUT2D eigenvalue weighted by atomic mass is 19.2. The first kappa shape index (κ1) is 15.5. The molecule has 0 aromatic heterocycles. The van der Waals surface area contributed by atoms with Crippen LogP contribution in [0.1, 0.15) is 15.9 Å². The lowest BCUT2D eigenvalue weighted by Crippen LogP contribution is -2.23. The van der Waals surface area contributed by atoms with Gasteiger partial charge >= 0.3 is 0 Å².